The summed E-state index contributed by atoms with van der Waals surface area (Å²) in [6.45, 7) is 1.72. The minimum absolute atomic E-state index is 0.0792. The molecule has 0 unspecified atom stereocenters. The Kier molecular flexibility index (Phi) is 4.43. The highest BCUT2D eigenvalue weighted by Crippen LogP contribution is 2.43. The Morgan fingerprint density at radius 1 is 1.15 bits per heavy atom. The molecule has 0 aromatic heterocycles. The quantitative estimate of drug-likeness (QED) is 0.588. The number of nitrogens with zero attached hydrogens (tertiary/aromatic N) is 2. The molecular weight excluding hydrogens is 349 g/mol. The van der Waals surface area contributed by atoms with E-state index >= 15 is 0 Å². The summed E-state index contributed by atoms with van der Waals surface area (Å²) in [6.07, 6.45) is -4.63. The topological polar surface area (TPSA) is 63.5 Å². The van der Waals surface area contributed by atoms with Crippen LogP contribution >= 0.6 is 0 Å². The van der Waals surface area contributed by atoms with Crippen LogP contribution in [0.3, 0.4) is 0 Å². The summed E-state index contributed by atoms with van der Waals surface area (Å²) in [5.74, 6) is -0.309. The molecule has 1 amide bonds. The first kappa shape index (κ1) is 17.9. The van der Waals surface area contributed by atoms with E-state index in [1.165, 1.54) is 4.90 Å². The first-order chi connectivity index (χ1) is 12.2. The number of carbonyl (C=O) groups is 1. The second-order valence-electron chi connectivity index (χ2n) is 6.10. The van der Waals surface area contributed by atoms with Crippen LogP contribution < -0.4 is 4.90 Å². The monoisotopic (exact) mass is 364 g/mol. The van der Waals surface area contributed by atoms with Gasteiger partial charge in [-0.15, -0.1) is 0 Å². The number of benzene rings is 2. The number of hydrogen-bond acceptors (Lipinski definition) is 3. The van der Waals surface area contributed by atoms with Crippen LogP contribution in [0.5, 0.6) is 0 Å². The third-order valence-corrected chi connectivity index (χ3v) is 4.50. The van der Waals surface area contributed by atoms with Crippen LogP contribution in [-0.4, -0.2) is 10.8 Å². The van der Waals surface area contributed by atoms with Crippen LogP contribution in [0.15, 0.2) is 42.5 Å². The fourth-order valence-corrected chi connectivity index (χ4v) is 3.22. The highest BCUT2D eigenvalue weighted by molar-refractivity contribution is 5.97. The van der Waals surface area contributed by atoms with E-state index in [-0.39, 0.29) is 24.4 Å². The first-order valence-electron chi connectivity index (χ1n) is 7.95. The number of carbonyl (C=O) groups excluding carboxylic acids is 1. The van der Waals surface area contributed by atoms with E-state index in [2.05, 4.69) is 0 Å². The van der Waals surface area contributed by atoms with Gasteiger partial charge in [0.25, 0.3) is 5.69 Å². The largest absolute Gasteiger partial charge is 0.423 e. The fourth-order valence-electron chi connectivity index (χ4n) is 3.22. The molecule has 1 aliphatic heterocycles. The van der Waals surface area contributed by atoms with Gasteiger partial charge in [0.2, 0.25) is 5.91 Å². The van der Waals surface area contributed by atoms with E-state index in [1.54, 1.807) is 37.3 Å². The lowest BCUT2D eigenvalue weighted by Crippen LogP contribution is -2.37. The summed E-state index contributed by atoms with van der Waals surface area (Å²) in [7, 11) is 0. The summed E-state index contributed by atoms with van der Waals surface area (Å²) < 4.78 is 40.0. The number of nitro groups is 1. The molecule has 0 bridgehead atoms. The predicted molar refractivity (Wildman–Crippen MR) is 88.8 cm³/mol. The van der Waals surface area contributed by atoms with Gasteiger partial charge < -0.3 is 4.90 Å². The predicted octanol–water partition coefficient (Wildman–Crippen LogP) is 4.65. The molecule has 1 heterocycles. The fraction of sp³-hybridized carbons (Fsp3) is 0.278. The van der Waals surface area contributed by atoms with Gasteiger partial charge in [0.1, 0.15) is 5.56 Å². The molecule has 8 heteroatoms. The zero-order valence-electron chi connectivity index (χ0n) is 13.8. The molecule has 2 aromatic carbocycles. The second-order valence-corrected chi connectivity index (χ2v) is 6.10. The molecule has 0 spiro atoms. The molecule has 0 radical (unpaired) electrons. The number of aryl methyl sites for hydroxylation is 1. The Bertz CT molecular complexity index is 866. The first-order valence-corrected chi connectivity index (χ1v) is 7.95. The van der Waals surface area contributed by atoms with Gasteiger partial charge in [-0.1, -0.05) is 30.3 Å². The summed E-state index contributed by atoms with van der Waals surface area (Å²) in [5.41, 5.74) is -1.12. The van der Waals surface area contributed by atoms with Crippen molar-refractivity contribution in [3.8, 4) is 0 Å². The van der Waals surface area contributed by atoms with Crippen molar-refractivity contribution in [2.45, 2.75) is 32.0 Å². The number of alkyl halides is 3. The molecule has 5 nitrogen and oxygen atoms in total. The van der Waals surface area contributed by atoms with Crippen molar-refractivity contribution < 1.29 is 22.9 Å². The molecule has 1 atom stereocenters. The highest BCUT2D eigenvalue weighted by Gasteiger charge is 2.41. The molecule has 136 valence electrons. The third-order valence-electron chi connectivity index (χ3n) is 4.50. The van der Waals surface area contributed by atoms with Gasteiger partial charge in [0.05, 0.1) is 11.0 Å². The molecular formula is C18H15F3N2O3. The number of amides is 1. The summed E-state index contributed by atoms with van der Waals surface area (Å²) >= 11 is 0. The standard InChI is InChI=1S/C18H15F3N2O3/c1-11(12-5-3-2-4-6-12)22-15-10-14(18(19,20)21)16(23(25)26)9-13(15)7-8-17(22)24/h2-6,9-11H,7-8H2,1H3/t11-/m0/s1. The number of halogens is 3. The van der Waals surface area contributed by atoms with Crippen LogP contribution in [0, 0.1) is 10.1 Å². The van der Waals surface area contributed by atoms with Crippen LogP contribution in [0.1, 0.15) is 36.1 Å². The Balaban J connectivity index is 2.17. The van der Waals surface area contributed by atoms with Crippen molar-refractivity contribution >= 4 is 17.3 Å². The molecule has 1 aliphatic rings. The van der Waals surface area contributed by atoms with Crippen LogP contribution in [0.4, 0.5) is 24.5 Å². The van der Waals surface area contributed by atoms with Gasteiger partial charge >= 0.3 is 6.18 Å². The molecule has 0 fully saturated rings. The molecule has 2 aromatic rings. The van der Waals surface area contributed by atoms with Crippen molar-refractivity contribution in [2.75, 3.05) is 4.90 Å². The van der Waals surface area contributed by atoms with Gasteiger partial charge in [-0.3, -0.25) is 14.9 Å². The van der Waals surface area contributed by atoms with Gasteiger partial charge in [-0.25, -0.2) is 0 Å². The van der Waals surface area contributed by atoms with Crippen molar-refractivity contribution in [1.82, 2.24) is 0 Å². The molecule has 26 heavy (non-hydrogen) atoms. The number of anilines is 1. The zero-order chi connectivity index (χ0) is 19.1. The number of nitro benzene ring substituents is 1. The average Bonchev–Trinajstić information content (AvgIpc) is 2.60. The van der Waals surface area contributed by atoms with E-state index in [0.29, 0.717) is 5.56 Å². The molecule has 0 aliphatic carbocycles. The summed E-state index contributed by atoms with van der Waals surface area (Å²) in [4.78, 5) is 23.8. The second kappa shape index (κ2) is 6.44. The van der Waals surface area contributed by atoms with Crippen LogP contribution in [0.25, 0.3) is 0 Å². The van der Waals surface area contributed by atoms with Gasteiger partial charge in [-0.05, 0) is 30.5 Å². The Labute approximate surface area is 147 Å². The van der Waals surface area contributed by atoms with E-state index < -0.39 is 28.4 Å². The Hall–Kier alpha value is -2.90. The maximum Gasteiger partial charge on any atom is 0.423 e. The molecule has 0 saturated heterocycles. The zero-order valence-corrected chi connectivity index (χ0v) is 13.8. The van der Waals surface area contributed by atoms with Crippen molar-refractivity contribution in [2.24, 2.45) is 0 Å². The minimum Gasteiger partial charge on any atom is -0.305 e. The van der Waals surface area contributed by atoms with Crippen LogP contribution in [-0.2, 0) is 17.4 Å². The number of rotatable bonds is 3. The maximum atomic E-state index is 13.3. The van der Waals surface area contributed by atoms with Crippen molar-refractivity contribution in [3.63, 3.8) is 0 Å². The van der Waals surface area contributed by atoms with E-state index in [4.69, 9.17) is 0 Å². The lowest BCUT2D eigenvalue weighted by Gasteiger charge is -2.35. The van der Waals surface area contributed by atoms with E-state index in [9.17, 15) is 28.1 Å². The molecule has 0 saturated carbocycles. The lowest BCUT2D eigenvalue weighted by molar-refractivity contribution is -0.388. The summed E-state index contributed by atoms with van der Waals surface area (Å²) in [6, 6.07) is 10.1. The minimum atomic E-state index is -4.89. The van der Waals surface area contributed by atoms with Gasteiger partial charge in [0.15, 0.2) is 0 Å². The van der Waals surface area contributed by atoms with Crippen molar-refractivity contribution in [1.29, 1.82) is 0 Å². The normalized spacial score (nSPS) is 15.5. The number of hydrogen-bond donors (Lipinski definition) is 0. The lowest BCUT2D eigenvalue weighted by atomic mass is 9.94. The highest BCUT2D eigenvalue weighted by atomic mass is 19.4. The summed E-state index contributed by atoms with van der Waals surface area (Å²) in [5, 5.41) is 11.1. The molecule has 0 N–H and O–H groups in total. The maximum absolute atomic E-state index is 13.3. The Morgan fingerprint density at radius 2 is 1.81 bits per heavy atom. The number of fused-ring (bicyclic) bond motifs is 1. The molecule has 3 rings (SSSR count). The van der Waals surface area contributed by atoms with E-state index in [0.717, 1.165) is 17.7 Å². The van der Waals surface area contributed by atoms with Crippen LogP contribution in [0.2, 0.25) is 0 Å². The van der Waals surface area contributed by atoms with Gasteiger partial charge in [0, 0.05) is 18.2 Å². The third kappa shape index (κ3) is 3.14. The SMILES string of the molecule is C[C@@H](c1ccccc1)N1C(=O)CCc2cc([N+](=O)[O-])c(C(F)(F)F)cc21. The Morgan fingerprint density at radius 3 is 2.38 bits per heavy atom. The smallest absolute Gasteiger partial charge is 0.305 e. The average molecular weight is 364 g/mol. The van der Waals surface area contributed by atoms with E-state index in [1.807, 2.05) is 0 Å². The van der Waals surface area contributed by atoms with Crippen molar-refractivity contribution in [3.05, 3.63) is 69.3 Å². The van der Waals surface area contributed by atoms with Gasteiger partial charge in [-0.2, -0.15) is 13.2 Å².